The lowest BCUT2D eigenvalue weighted by Crippen LogP contribution is -2.39. The quantitative estimate of drug-likeness (QED) is 0.177. The van der Waals surface area contributed by atoms with Crippen molar-refractivity contribution in [3.63, 3.8) is 0 Å². The van der Waals surface area contributed by atoms with Crippen LogP contribution in [-0.2, 0) is 4.84 Å². The first-order chi connectivity index (χ1) is 4.16. The molecule has 0 aliphatic carbocycles. The van der Waals surface area contributed by atoms with Gasteiger partial charge in [0.15, 0.2) is 0 Å². The van der Waals surface area contributed by atoms with Gasteiger partial charge in [-0.25, -0.2) is 15.4 Å². The number of rotatable bonds is 0. The number of carbonyl (C=O) groups is 2. The van der Waals surface area contributed by atoms with Gasteiger partial charge in [-0.15, -0.1) is 0 Å². The zero-order valence-electron chi connectivity index (χ0n) is 4.38. The van der Waals surface area contributed by atoms with Gasteiger partial charge in [0.05, 0.1) is 0 Å². The second-order valence-electron chi connectivity index (χ2n) is 1.00. The molecule has 3 amide bonds. The molecule has 0 aromatic heterocycles. The molecule has 6 N–H and O–H groups in total. The van der Waals surface area contributed by atoms with Gasteiger partial charge in [-0.1, -0.05) is 0 Å². The molecule has 0 radical (unpaired) electrons. The van der Waals surface area contributed by atoms with E-state index < -0.39 is 12.1 Å². The fourth-order valence-electron chi connectivity index (χ4n) is 0.126. The predicted molar refractivity (Wildman–Crippen MR) is 26.5 cm³/mol. The van der Waals surface area contributed by atoms with E-state index in [9.17, 15) is 9.59 Å². The summed E-state index contributed by atoms with van der Waals surface area (Å²) < 4.78 is 0. The highest BCUT2D eigenvalue weighted by atomic mass is 16.7. The highest BCUT2D eigenvalue weighted by Crippen LogP contribution is 1.65. The highest BCUT2D eigenvalue weighted by molar-refractivity contribution is 5.73. The maximum atomic E-state index is 9.99. The number of hydroxylamine groups is 1. The molecule has 52 valence electrons. The van der Waals surface area contributed by atoms with Gasteiger partial charge in [0, 0.05) is 0 Å². The summed E-state index contributed by atoms with van der Waals surface area (Å²) in [6.45, 7) is 0. The molecule has 0 unspecified atom stereocenters. The summed E-state index contributed by atoms with van der Waals surface area (Å²) in [5.41, 5.74) is 7.63. The monoisotopic (exact) mass is 134 g/mol. The third-order valence-electron chi connectivity index (χ3n) is 0.362. The first-order valence-corrected chi connectivity index (χ1v) is 1.89. The zero-order valence-corrected chi connectivity index (χ0v) is 4.38. The number of nitrogens with one attached hydrogen (secondary N) is 2. The van der Waals surface area contributed by atoms with E-state index in [1.807, 2.05) is 0 Å². The Morgan fingerprint density at radius 3 is 2.33 bits per heavy atom. The van der Waals surface area contributed by atoms with Crippen LogP contribution in [0.4, 0.5) is 9.59 Å². The van der Waals surface area contributed by atoms with Crippen molar-refractivity contribution in [3.05, 3.63) is 0 Å². The van der Waals surface area contributed by atoms with Crippen LogP contribution < -0.4 is 22.5 Å². The fraction of sp³-hybridized carbons (Fsp3) is 0. The van der Waals surface area contributed by atoms with Crippen molar-refractivity contribution in [1.82, 2.24) is 10.9 Å². The minimum atomic E-state index is -0.992. The summed E-state index contributed by atoms with van der Waals surface area (Å²) >= 11 is 0. The summed E-state index contributed by atoms with van der Waals surface area (Å²) in [5.74, 6) is 4.54. The molecule has 7 nitrogen and oxygen atoms in total. The molecular weight excluding hydrogens is 128 g/mol. The van der Waals surface area contributed by atoms with Crippen LogP contribution in [0.25, 0.3) is 0 Å². The van der Waals surface area contributed by atoms with Crippen LogP contribution in [0.2, 0.25) is 0 Å². The lowest BCUT2D eigenvalue weighted by Gasteiger charge is -1.99. The highest BCUT2D eigenvalue weighted by Gasteiger charge is 1.97. The van der Waals surface area contributed by atoms with Crippen LogP contribution in [0, 0.1) is 0 Å². The van der Waals surface area contributed by atoms with E-state index in [2.05, 4.69) is 16.4 Å². The number of amides is 3. The summed E-state index contributed by atoms with van der Waals surface area (Å²) in [5, 5.41) is 0. The molecule has 0 saturated carbocycles. The SMILES string of the molecule is NNC(=O)ONC(N)=O. The molecule has 0 aliphatic rings. The lowest BCUT2D eigenvalue weighted by molar-refractivity contribution is 0.103. The van der Waals surface area contributed by atoms with Gasteiger partial charge in [-0.2, -0.15) is 5.48 Å². The molecule has 0 spiro atoms. The normalized spacial score (nSPS) is 7.67. The number of carbonyl (C=O) groups excluding carboxylic acids is 2. The maximum absolute atomic E-state index is 9.99. The number of urea groups is 1. The van der Waals surface area contributed by atoms with Crippen molar-refractivity contribution >= 4 is 12.1 Å². The maximum Gasteiger partial charge on any atom is 0.445 e. The molecule has 0 fully saturated rings. The molecule has 9 heavy (non-hydrogen) atoms. The van der Waals surface area contributed by atoms with E-state index in [1.54, 1.807) is 10.9 Å². The molecule has 0 heterocycles. The van der Waals surface area contributed by atoms with Gasteiger partial charge in [-0.3, -0.25) is 5.43 Å². The molecular formula is C2H6N4O3. The van der Waals surface area contributed by atoms with Crippen LogP contribution in [0.5, 0.6) is 0 Å². The van der Waals surface area contributed by atoms with Crippen molar-refractivity contribution in [2.45, 2.75) is 0 Å². The third-order valence-corrected chi connectivity index (χ3v) is 0.362. The molecule has 0 atom stereocenters. The smallest absolute Gasteiger partial charge is 0.349 e. The van der Waals surface area contributed by atoms with Crippen LogP contribution in [0.15, 0.2) is 0 Å². The van der Waals surface area contributed by atoms with Crippen molar-refractivity contribution in [1.29, 1.82) is 0 Å². The van der Waals surface area contributed by atoms with E-state index in [4.69, 9.17) is 0 Å². The molecule has 0 saturated heterocycles. The van der Waals surface area contributed by atoms with Crippen molar-refractivity contribution in [3.8, 4) is 0 Å². The van der Waals surface area contributed by atoms with Gasteiger partial charge in [0.1, 0.15) is 0 Å². The summed E-state index contributed by atoms with van der Waals surface area (Å²) in [4.78, 5) is 23.6. The van der Waals surface area contributed by atoms with Gasteiger partial charge in [-0.05, 0) is 0 Å². The Morgan fingerprint density at radius 1 is 1.44 bits per heavy atom. The van der Waals surface area contributed by atoms with Gasteiger partial charge in [0.25, 0.3) is 0 Å². The molecule has 0 rings (SSSR count). The van der Waals surface area contributed by atoms with Crippen molar-refractivity contribution in [2.75, 3.05) is 0 Å². The standard InChI is InChI=1S/C2H6N4O3/c3-1(7)6-9-2(8)5-4/h4H2,(H,5,8)(H3,3,6,7). The lowest BCUT2D eigenvalue weighted by atomic mass is 11.1. The zero-order chi connectivity index (χ0) is 7.28. The van der Waals surface area contributed by atoms with Crippen LogP contribution in [0.3, 0.4) is 0 Å². The van der Waals surface area contributed by atoms with Crippen LogP contribution >= 0.6 is 0 Å². The molecule has 0 aromatic carbocycles. The van der Waals surface area contributed by atoms with E-state index >= 15 is 0 Å². The summed E-state index contributed by atoms with van der Waals surface area (Å²) in [6, 6.07) is -0.974. The van der Waals surface area contributed by atoms with Crippen LogP contribution in [-0.4, -0.2) is 12.1 Å². The van der Waals surface area contributed by atoms with E-state index in [-0.39, 0.29) is 0 Å². The minimum Gasteiger partial charge on any atom is -0.349 e. The summed E-state index contributed by atoms with van der Waals surface area (Å²) in [7, 11) is 0. The number of hydrogen-bond acceptors (Lipinski definition) is 4. The molecule has 7 heteroatoms. The average Bonchev–Trinajstić information content (AvgIpc) is 1.83. The fourth-order valence-corrected chi connectivity index (χ4v) is 0.126. The van der Waals surface area contributed by atoms with Gasteiger partial charge >= 0.3 is 12.1 Å². The first kappa shape index (κ1) is 7.50. The van der Waals surface area contributed by atoms with Crippen LogP contribution in [0.1, 0.15) is 0 Å². The Hall–Kier alpha value is -1.50. The number of nitrogens with two attached hydrogens (primary N) is 2. The Labute approximate surface area is 50.2 Å². The first-order valence-electron chi connectivity index (χ1n) is 1.89. The number of primary amides is 1. The molecule has 0 bridgehead atoms. The Kier molecular flexibility index (Phi) is 2.91. The Bertz CT molecular complexity index is 123. The largest absolute Gasteiger partial charge is 0.445 e. The Morgan fingerprint density at radius 2 is 2.00 bits per heavy atom. The molecule has 0 aliphatic heterocycles. The van der Waals surface area contributed by atoms with E-state index in [0.29, 0.717) is 0 Å². The number of hydrazine groups is 1. The van der Waals surface area contributed by atoms with Crippen molar-refractivity contribution < 1.29 is 14.4 Å². The van der Waals surface area contributed by atoms with E-state index in [1.165, 1.54) is 0 Å². The van der Waals surface area contributed by atoms with Gasteiger partial charge < -0.3 is 10.6 Å². The second kappa shape index (κ2) is 3.50. The van der Waals surface area contributed by atoms with Gasteiger partial charge in [0.2, 0.25) is 0 Å². The molecule has 0 aromatic rings. The summed E-state index contributed by atoms with van der Waals surface area (Å²) in [6.07, 6.45) is -0.992. The Balaban J connectivity index is 3.28. The minimum absolute atomic E-state index is 0.974. The second-order valence-corrected chi connectivity index (χ2v) is 1.00. The van der Waals surface area contributed by atoms with Crippen molar-refractivity contribution in [2.24, 2.45) is 11.6 Å². The third kappa shape index (κ3) is 4.35. The topological polar surface area (TPSA) is 119 Å². The predicted octanol–water partition coefficient (Wildman–Crippen LogP) is -1.83. The average molecular weight is 134 g/mol. The van der Waals surface area contributed by atoms with E-state index in [0.717, 1.165) is 0 Å². The number of hydrogen-bond donors (Lipinski definition) is 4.